The van der Waals surface area contributed by atoms with Gasteiger partial charge < -0.3 is 11.1 Å². The summed E-state index contributed by atoms with van der Waals surface area (Å²) in [6, 6.07) is 6.40. The number of hydrogen-bond donors (Lipinski definition) is 2. The number of aryl methyl sites for hydroxylation is 1. The van der Waals surface area contributed by atoms with Crippen LogP contribution in [0.2, 0.25) is 5.02 Å². The number of amides is 1. The van der Waals surface area contributed by atoms with E-state index in [0.29, 0.717) is 6.07 Å². The number of nitrogen functional groups attached to an aromatic ring is 1. The second kappa shape index (κ2) is 5.46. The fourth-order valence-electron chi connectivity index (χ4n) is 1.73. The topological polar surface area (TPSA) is 55.1 Å². The molecule has 0 aliphatic rings. The first-order valence-electron chi connectivity index (χ1n) is 5.70. The summed E-state index contributed by atoms with van der Waals surface area (Å²) >= 11 is 5.71. The van der Waals surface area contributed by atoms with Crippen molar-refractivity contribution in [1.29, 1.82) is 0 Å². The van der Waals surface area contributed by atoms with Crippen molar-refractivity contribution >= 4 is 28.9 Å². The molecule has 104 valence electrons. The van der Waals surface area contributed by atoms with Gasteiger partial charge in [-0.15, -0.1) is 0 Å². The minimum absolute atomic E-state index is 0.190. The van der Waals surface area contributed by atoms with Crippen LogP contribution in [0, 0.1) is 18.6 Å². The number of halogens is 3. The lowest BCUT2D eigenvalue weighted by Crippen LogP contribution is -2.15. The molecule has 0 spiro atoms. The van der Waals surface area contributed by atoms with Crippen LogP contribution in [0.4, 0.5) is 20.2 Å². The highest BCUT2D eigenvalue weighted by Crippen LogP contribution is 2.27. The van der Waals surface area contributed by atoms with Crippen LogP contribution in [0.3, 0.4) is 0 Å². The number of carbonyl (C=O) groups excluding carboxylic acids is 1. The molecule has 0 fully saturated rings. The highest BCUT2D eigenvalue weighted by atomic mass is 35.5. The summed E-state index contributed by atoms with van der Waals surface area (Å²) in [5.74, 6) is -2.38. The Hall–Kier alpha value is -2.14. The van der Waals surface area contributed by atoms with Gasteiger partial charge in [-0.05, 0) is 30.7 Å². The fraction of sp³-hybridized carbons (Fsp3) is 0.0714. The normalized spacial score (nSPS) is 10.4. The van der Waals surface area contributed by atoms with Gasteiger partial charge in [-0.2, -0.15) is 0 Å². The Kier molecular flexibility index (Phi) is 3.90. The summed E-state index contributed by atoms with van der Waals surface area (Å²) in [5.41, 5.74) is 6.80. The zero-order valence-corrected chi connectivity index (χ0v) is 11.3. The van der Waals surface area contributed by atoms with Gasteiger partial charge in [-0.3, -0.25) is 4.79 Å². The molecule has 0 aromatic heterocycles. The molecule has 2 aromatic carbocycles. The molecule has 3 nitrogen and oxygen atoms in total. The molecule has 0 atom stereocenters. The molecule has 2 rings (SSSR count). The number of nitrogens with two attached hydrogens (primary N) is 1. The first-order valence-corrected chi connectivity index (χ1v) is 6.08. The van der Waals surface area contributed by atoms with Crippen molar-refractivity contribution in [3.63, 3.8) is 0 Å². The maximum Gasteiger partial charge on any atom is 0.257 e. The minimum Gasteiger partial charge on any atom is -0.398 e. The van der Waals surface area contributed by atoms with E-state index in [1.807, 2.05) is 6.92 Å². The molecule has 0 saturated carbocycles. The zero-order chi connectivity index (χ0) is 14.9. The average molecular weight is 297 g/mol. The number of nitrogens with one attached hydrogen (secondary N) is 1. The van der Waals surface area contributed by atoms with Crippen molar-refractivity contribution < 1.29 is 13.6 Å². The molecule has 0 bridgehead atoms. The summed E-state index contributed by atoms with van der Waals surface area (Å²) in [6.45, 7) is 1.83. The highest BCUT2D eigenvalue weighted by Gasteiger charge is 2.15. The maximum atomic E-state index is 13.6. The molecule has 0 radical (unpaired) electrons. The number of carbonyl (C=O) groups is 1. The summed E-state index contributed by atoms with van der Waals surface area (Å²) in [5, 5.41) is 2.07. The Morgan fingerprint density at radius 3 is 2.55 bits per heavy atom. The summed E-state index contributed by atoms with van der Waals surface area (Å²) < 4.78 is 26.5. The van der Waals surface area contributed by atoms with E-state index in [2.05, 4.69) is 5.32 Å². The van der Waals surface area contributed by atoms with Crippen molar-refractivity contribution in [3.05, 3.63) is 58.1 Å². The second-order valence-electron chi connectivity index (χ2n) is 4.29. The van der Waals surface area contributed by atoms with Crippen molar-refractivity contribution in [3.8, 4) is 0 Å². The van der Waals surface area contributed by atoms with Gasteiger partial charge in [0.25, 0.3) is 5.91 Å². The van der Waals surface area contributed by atoms with Gasteiger partial charge in [0.2, 0.25) is 0 Å². The monoisotopic (exact) mass is 296 g/mol. The summed E-state index contributed by atoms with van der Waals surface area (Å²) in [7, 11) is 0. The Morgan fingerprint density at radius 2 is 1.95 bits per heavy atom. The predicted molar refractivity (Wildman–Crippen MR) is 74.9 cm³/mol. The van der Waals surface area contributed by atoms with Crippen LogP contribution in [0.15, 0.2) is 30.3 Å². The molecule has 0 heterocycles. The van der Waals surface area contributed by atoms with Crippen LogP contribution in [-0.2, 0) is 0 Å². The SMILES string of the molecule is Cc1ccc(C(=O)Nc2c(F)cc(F)cc2Cl)c(N)c1. The quantitative estimate of drug-likeness (QED) is 0.829. The number of anilines is 2. The molecule has 0 aliphatic heterocycles. The molecule has 1 amide bonds. The zero-order valence-electron chi connectivity index (χ0n) is 10.5. The van der Waals surface area contributed by atoms with E-state index in [-0.39, 0.29) is 22.0 Å². The fourth-order valence-corrected chi connectivity index (χ4v) is 1.97. The van der Waals surface area contributed by atoms with Gasteiger partial charge >= 0.3 is 0 Å². The van der Waals surface area contributed by atoms with Crippen LogP contribution < -0.4 is 11.1 Å². The number of benzene rings is 2. The summed E-state index contributed by atoms with van der Waals surface area (Å²) in [4.78, 5) is 12.0. The molecule has 2 aromatic rings. The van der Waals surface area contributed by atoms with Gasteiger partial charge in [-0.25, -0.2) is 8.78 Å². The van der Waals surface area contributed by atoms with Crippen molar-refractivity contribution in [2.24, 2.45) is 0 Å². The Balaban J connectivity index is 2.33. The van der Waals surface area contributed by atoms with Crippen LogP contribution in [0.5, 0.6) is 0 Å². The lowest BCUT2D eigenvalue weighted by molar-refractivity contribution is 0.102. The van der Waals surface area contributed by atoms with E-state index < -0.39 is 17.5 Å². The molecule has 20 heavy (non-hydrogen) atoms. The van der Waals surface area contributed by atoms with Crippen molar-refractivity contribution in [2.45, 2.75) is 6.92 Å². The van der Waals surface area contributed by atoms with Crippen molar-refractivity contribution in [1.82, 2.24) is 0 Å². The Labute approximate surface area is 119 Å². The first-order chi connectivity index (χ1) is 9.38. The third-order valence-corrected chi connectivity index (χ3v) is 3.00. The smallest absolute Gasteiger partial charge is 0.257 e. The first kappa shape index (κ1) is 14.3. The van der Waals surface area contributed by atoms with Gasteiger partial charge in [-0.1, -0.05) is 17.7 Å². The van der Waals surface area contributed by atoms with Crippen LogP contribution in [0.1, 0.15) is 15.9 Å². The molecule has 0 unspecified atom stereocenters. The van der Waals surface area contributed by atoms with Crippen LogP contribution in [-0.4, -0.2) is 5.91 Å². The van der Waals surface area contributed by atoms with Gasteiger partial charge in [0, 0.05) is 11.8 Å². The Bertz CT molecular complexity index is 666. The van der Waals surface area contributed by atoms with Crippen LogP contribution >= 0.6 is 11.6 Å². The molecular weight excluding hydrogens is 286 g/mol. The van der Waals surface area contributed by atoms with Gasteiger partial charge in [0.05, 0.1) is 16.3 Å². The third-order valence-electron chi connectivity index (χ3n) is 2.70. The Morgan fingerprint density at radius 1 is 1.25 bits per heavy atom. The van der Waals surface area contributed by atoms with E-state index in [4.69, 9.17) is 17.3 Å². The third kappa shape index (κ3) is 2.88. The van der Waals surface area contributed by atoms with E-state index in [9.17, 15) is 13.6 Å². The van der Waals surface area contributed by atoms with Gasteiger partial charge in [0.15, 0.2) is 5.82 Å². The second-order valence-corrected chi connectivity index (χ2v) is 4.70. The largest absolute Gasteiger partial charge is 0.398 e. The molecule has 6 heteroatoms. The average Bonchev–Trinajstić information content (AvgIpc) is 2.33. The molecule has 0 saturated heterocycles. The standard InChI is InChI=1S/C14H11ClF2N2O/c1-7-2-3-9(12(18)4-7)14(20)19-13-10(15)5-8(16)6-11(13)17/h2-6H,18H2,1H3,(H,19,20). The molecular formula is C14H11ClF2N2O. The van der Waals surface area contributed by atoms with Gasteiger partial charge in [0.1, 0.15) is 5.82 Å². The molecule has 0 aliphatic carbocycles. The predicted octanol–water partition coefficient (Wildman–Crippen LogP) is 3.76. The lowest BCUT2D eigenvalue weighted by atomic mass is 10.1. The lowest BCUT2D eigenvalue weighted by Gasteiger charge is -2.10. The van der Waals surface area contributed by atoms with Crippen LogP contribution in [0.25, 0.3) is 0 Å². The van der Waals surface area contributed by atoms with E-state index >= 15 is 0 Å². The maximum absolute atomic E-state index is 13.6. The van der Waals surface area contributed by atoms with E-state index in [1.54, 1.807) is 12.1 Å². The number of rotatable bonds is 2. The van der Waals surface area contributed by atoms with E-state index in [1.165, 1.54) is 6.07 Å². The van der Waals surface area contributed by atoms with E-state index in [0.717, 1.165) is 11.6 Å². The number of hydrogen-bond acceptors (Lipinski definition) is 2. The molecule has 3 N–H and O–H groups in total. The van der Waals surface area contributed by atoms with Crippen molar-refractivity contribution in [2.75, 3.05) is 11.1 Å². The highest BCUT2D eigenvalue weighted by molar-refractivity contribution is 6.34. The summed E-state index contributed by atoms with van der Waals surface area (Å²) in [6.07, 6.45) is 0. The minimum atomic E-state index is -0.950.